The van der Waals surface area contributed by atoms with E-state index in [0.717, 1.165) is 10.8 Å². The third-order valence-corrected chi connectivity index (χ3v) is 4.18. The number of para-hydroxylation sites is 2. The summed E-state index contributed by atoms with van der Waals surface area (Å²) in [7, 11) is 0. The quantitative estimate of drug-likeness (QED) is 0.382. The molecule has 0 aliphatic rings. The molecule has 26 heavy (non-hydrogen) atoms. The van der Waals surface area contributed by atoms with Gasteiger partial charge in [-0.05, 0) is 35.4 Å². The van der Waals surface area contributed by atoms with Crippen LogP contribution in [0.15, 0.2) is 101 Å². The first kappa shape index (κ1) is 9.25. The van der Waals surface area contributed by atoms with Crippen molar-refractivity contribution in [2.75, 3.05) is 5.32 Å². The van der Waals surface area contributed by atoms with Crippen molar-refractivity contribution in [3.8, 4) is 11.1 Å². The van der Waals surface area contributed by atoms with Crippen LogP contribution >= 0.6 is 0 Å². The van der Waals surface area contributed by atoms with Crippen LogP contribution in [-0.2, 0) is 0 Å². The first-order chi connectivity index (χ1) is 15.8. The largest absolute Gasteiger partial charge is 0.454 e. The molecule has 0 amide bonds. The van der Waals surface area contributed by atoms with Gasteiger partial charge in [-0.3, -0.25) is 0 Å². The zero-order valence-corrected chi connectivity index (χ0v) is 13.6. The van der Waals surface area contributed by atoms with Gasteiger partial charge in [-0.2, -0.15) is 0 Å². The summed E-state index contributed by atoms with van der Waals surface area (Å²) < 4.78 is 62.5. The Morgan fingerprint density at radius 2 is 1.62 bits per heavy atom. The average molecular weight is 342 g/mol. The molecule has 124 valence electrons. The molecule has 5 rings (SSSR count). The fraction of sp³-hybridized carbons (Fsp3) is 0. The second-order valence-corrected chi connectivity index (χ2v) is 5.83. The van der Waals surface area contributed by atoms with Crippen molar-refractivity contribution in [2.24, 2.45) is 0 Å². The van der Waals surface area contributed by atoms with E-state index in [4.69, 9.17) is 14.0 Å². The van der Waals surface area contributed by atoms with Crippen molar-refractivity contribution >= 4 is 33.3 Å². The normalized spacial score (nSPS) is 14.8. The van der Waals surface area contributed by atoms with E-state index < -0.39 is 18.1 Å². The van der Waals surface area contributed by atoms with Crippen LogP contribution in [0.4, 0.5) is 11.4 Å². The van der Waals surface area contributed by atoms with E-state index in [9.17, 15) is 0 Å². The van der Waals surface area contributed by atoms with Crippen LogP contribution in [0.2, 0.25) is 0 Å². The van der Waals surface area contributed by atoms with Gasteiger partial charge in [0, 0.05) is 16.5 Å². The monoisotopic (exact) mass is 342 g/mol. The van der Waals surface area contributed by atoms with Gasteiger partial charge in [0.1, 0.15) is 5.58 Å². The Morgan fingerprint density at radius 3 is 2.54 bits per heavy atom. The highest BCUT2D eigenvalue weighted by Crippen LogP contribution is 2.35. The van der Waals surface area contributed by atoms with Gasteiger partial charge in [-0.25, -0.2) is 0 Å². The number of nitrogens with one attached hydrogen (secondary N) is 1. The smallest absolute Gasteiger partial charge is 0.158 e. The van der Waals surface area contributed by atoms with Crippen molar-refractivity contribution in [1.29, 1.82) is 0 Å². The number of fused-ring (bicyclic) bond motifs is 3. The Hall–Kier alpha value is -3.52. The maximum absolute atomic E-state index is 8.24. The molecule has 0 bridgehead atoms. The molecule has 0 saturated carbocycles. The third-order valence-electron chi connectivity index (χ3n) is 4.18. The summed E-state index contributed by atoms with van der Waals surface area (Å²) in [6, 6.07) is 14.1. The van der Waals surface area contributed by atoms with Gasteiger partial charge < -0.3 is 9.73 Å². The van der Waals surface area contributed by atoms with E-state index >= 15 is 0 Å². The minimum Gasteiger partial charge on any atom is -0.454 e. The van der Waals surface area contributed by atoms with Gasteiger partial charge in [0.2, 0.25) is 0 Å². The first-order valence-electron chi connectivity index (χ1n) is 11.6. The number of anilines is 2. The Kier molecular flexibility index (Phi) is 2.17. The van der Waals surface area contributed by atoms with Crippen molar-refractivity contribution in [3.05, 3.63) is 96.9 Å². The zero-order chi connectivity index (χ0) is 23.4. The molecule has 0 spiro atoms. The van der Waals surface area contributed by atoms with E-state index in [1.54, 1.807) is 24.3 Å². The molecule has 0 fully saturated rings. The van der Waals surface area contributed by atoms with E-state index in [-0.39, 0.29) is 29.7 Å². The Bertz CT molecular complexity index is 1550. The lowest BCUT2D eigenvalue weighted by atomic mass is 10.1. The van der Waals surface area contributed by atoms with Crippen molar-refractivity contribution < 1.29 is 14.0 Å². The van der Waals surface area contributed by atoms with Crippen LogP contribution in [0.25, 0.3) is 33.1 Å². The molecule has 0 aliphatic heterocycles. The van der Waals surface area contributed by atoms with Crippen LogP contribution < -0.4 is 5.32 Å². The lowest BCUT2D eigenvalue weighted by molar-refractivity contribution is 0.670. The van der Waals surface area contributed by atoms with E-state index in [2.05, 4.69) is 5.32 Å². The molecular weight excluding hydrogens is 318 g/mol. The van der Waals surface area contributed by atoms with E-state index in [0.29, 0.717) is 28.1 Å². The molecule has 5 aromatic rings. The minimum absolute atomic E-state index is 0.0407. The summed E-state index contributed by atoms with van der Waals surface area (Å²) >= 11 is 0. The Balaban J connectivity index is 1.65. The summed E-state index contributed by atoms with van der Waals surface area (Å²) in [5.41, 5.74) is 2.55. The molecule has 0 saturated heterocycles. The summed E-state index contributed by atoms with van der Waals surface area (Å²) in [6.07, 6.45) is 0. The molecule has 0 aliphatic carbocycles. The topological polar surface area (TPSA) is 25.2 Å². The van der Waals surface area contributed by atoms with Gasteiger partial charge in [0.25, 0.3) is 0 Å². The fourth-order valence-electron chi connectivity index (χ4n) is 3.02. The third kappa shape index (κ3) is 2.52. The highest BCUT2D eigenvalue weighted by Gasteiger charge is 2.10. The molecule has 2 heteroatoms. The molecule has 1 heterocycles. The first-order valence-corrected chi connectivity index (χ1v) is 8.13. The average Bonchev–Trinajstić information content (AvgIpc) is 3.17. The van der Waals surface area contributed by atoms with Crippen molar-refractivity contribution in [1.82, 2.24) is 0 Å². The van der Waals surface area contributed by atoms with E-state index in [1.807, 2.05) is 24.3 Å². The van der Waals surface area contributed by atoms with Crippen molar-refractivity contribution in [3.63, 3.8) is 0 Å². The molecule has 1 N–H and O–H groups in total. The van der Waals surface area contributed by atoms with Gasteiger partial charge >= 0.3 is 0 Å². The highest BCUT2D eigenvalue weighted by atomic mass is 16.3. The predicted molar refractivity (Wildman–Crippen MR) is 109 cm³/mol. The SMILES string of the molecule is [2H]c1cc(Nc2cccc3c2oc2c([2H])cccc23)cc(-c2c([2H])c([2H])c([2H])c([2H])c2[2H])c1. The maximum atomic E-state index is 8.24. The van der Waals surface area contributed by atoms with Crippen LogP contribution in [0.5, 0.6) is 0 Å². The zero-order valence-electron chi connectivity index (χ0n) is 20.6. The number of furan rings is 1. The van der Waals surface area contributed by atoms with Gasteiger partial charge in [0.15, 0.2) is 5.58 Å². The number of rotatable bonds is 3. The predicted octanol–water partition coefficient (Wildman–Crippen LogP) is 7.00. The number of hydrogen-bond acceptors (Lipinski definition) is 2. The molecule has 2 nitrogen and oxygen atoms in total. The highest BCUT2D eigenvalue weighted by molar-refractivity contribution is 6.09. The van der Waals surface area contributed by atoms with Gasteiger partial charge in [-0.1, -0.05) is 72.7 Å². The Morgan fingerprint density at radius 1 is 0.731 bits per heavy atom. The second-order valence-electron chi connectivity index (χ2n) is 5.83. The summed E-state index contributed by atoms with van der Waals surface area (Å²) in [5.74, 6) is 0. The number of hydrogen-bond donors (Lipinski definition) is 1. The summed E-state index contributed by atoms with van der Waals surface area (Å²) in [5, 5.41) is 4.90. The van der Waals surface area contributed by atoms with Crippen LogP contribution in [0.3, 0.4) is 0 Å². The molecule has 0 unspecified atom stereocenters. The van der Waals surface area contributed by atoms with Crippen molar-refractivity contribution in [2.45, 2.75) is 0 Å². The summed E-state index contributed by atoms with van der Waals surface area (Å²) in [4.78, 5) is 0. The van der Waals surface area contributed by atoms with E-state index in [1.165, 1.54) is 6.07 Å². The lowest BCUT2D eigenvalue weighted by Crippen LogP contribution is -1.91. The number of benzene rings is 4. The standard InChI is InChI=1S/C24H17NO/c1-2-8-17(9-3-1)18-10-6-11-19(16-18)25-22-14-7-13-21-20-12-4-5-15-23(20)26-24(21)22/h1-16,25H/i1D,2D,3D,6D,8D,9D,15D. The van der Waals surface area contributed by atoms with Crippen LogP contribution in [0.1, 0.15) is 9.60 Å². The molecule has 0 radical (unpaired) electrons. The lowest BCUT2D eigenvalue weighted by Gasteiger charge is -2.09. The summed E-state index contributed by atoms with van der Waals surface area (Å²) in [6.45, 7) is 0. The maximum Gasteiger partial charge on any atom is 0.158 e. The minimum atomic E-state index is -0.459. The van der Waals surface area contributed by atoms with Gasteiger partial charge in [0.05, 0.1) is 15.3 Å². The fourth-order valence-corrected chi connectivity index (χ4v) is 3.02. The molecule has 0 atom stereocenters. The second kappa shape index (κ2) is 6.08. The molecule has 1 aromatic heterocycles. The van der Waals surface area contributed by atoms with Crippen LogP contribution in [0, 0.1) is 0 Å². The molecule has 4 aromatic carbocycles. The molecular formula is C24H17NO. The Labute approximate surface area is 161 Å². The van der Waals surface area contributed by atoms with Gasteiger partial charge in [-0.15, -0.1) is 0 Å². The van der Waals surface area contributed by atoms with Crippen LogP contribution in [-0.4, -0.2) is 0 Å².